The van der Waals surface area contributed by atoms with E-state index in [2.05, 4.69) is 28.1 Å². The van der Waals surface area contributed by atoms with Crippen LogP contribution in [-0.2, 0) is 6.54 Å². The lowest BCUT2D eigenvalue weighted by atomic mass is 10.1. The maximum Gasteiger partial charge on any atom is 0.253 e. The van der Waals surface area contributed by atoms with E-state index in [-0.39, 0.29) is 17.2 Å². The van der Waals surface area contributed by atoms with E-state index in [4.69, 9.17) is 15.7 Å². The normalized spacial score (nSPS) is 12.9. The summed E-state index contributed by atoms with van der Waals surface area (Å²) in [7, 11) is 0. The monoisotopic (exact) mass is 664 g/mol. The Morgan fingerprint density at radius 1 is 0.940 bits per heavy atom. The number of hydrogen-bond acceptors (Lipinski definition) is 9. The first kappa shape index (κ1) is 33.5. The maximum absolute atomic E-state index is 13.0. The molecule has 50 heavy (non-hydrogen) atoms. The number of anilines is 1. The van der Waals surface area contributed by atoms with Crippen LogP contribution in [-0.4, -0.2) is 72.8 Å². The van der Waals surface area contributed by atoms with Crippen LogP contribution in [0.4, 0.5) is 5.82 Å². The zero-order valence-electron chi connectivity index (χ0n) is 27.8. The van der Waals surface area contributed by atoms with Crippen LogP contribution in [0, 0.1) is 11.3 Å². The zero-order chi connectivity index (χ0) is 35.2. The Bertz CT molecular complexity index is 2200. The topological polar surface area (TPSA) is 154 Å². The number of fused-ring (bicyclic) bond motifs is 1. The Balaban J connectivity index is 0.00000212. The summed E-state index contributed by atoms with van der Waals surface area (Å²) in [6, 6.07) is 29.6. The van der Waals surface area contributed by atoms with Crippen molar-refractivity contribution in [3.63, 3.8) is 0 Å². The molecule has 3 aromatic carbocycles. The molecule has 0 aliphatic carbocycles. The number of nitrogens with zero attached hydrogens (tertiary/aromatic N) is 7. The van der Waals surface area contributed by atoms with Crippen molar-refractivity contribution in [1.82, 2.24) is 29.3 Å². The molecule has 3 aromatic heterocycles. The number of carbonyl (C=O) groups excluding carboxylic acids is 2. The van der Waals surface area contributed by atoms with Gasteiger partial charge in [0, 0.05) is 55.7 Å². The first-order chi connectivity index (χ1) is 24.4. The molecule has 3 N–H and O–H groups in total. The summed E-state index contributed by atoms with van der Waals surface area (Å²) in [4.78, 5) is 42.5. The fraction of sp³-hybridized carbons (Fsp3) is 0.179. The molecular formula is C39H36N8O3. The van der Waals surface area contributed by atoms with Crippen molar-refractivity contribution in [3.05, 3.63) is 119 Å². The van der Waals surface area contributed by atoms with E-state index in [1.807, 2.05) is 66.9 Å². The number of rotatable bonds is 7. The second-order valence-corrected chi connectivity index (χ2v) is 11.6. The number of aromatic hydroxyl groups is 1. The molecule has 4 heterocycles. The predicted octanol–water partition coefficient (Wildman–Crippen LogP) is 6.11. The molecule has 0 saturated carbocycles. The number of pyridine rings is 2. The first-order valence-corrected chi connectivity index (χ1v) is 16.4. The van der Waals surface area contributed by atoms with Crippen LogP contribution in [0.15, 0.2) is 97.2 Å². The highest BCUT2D eigenvalue weighted by atomic mass is 16.3. The molecule has 1 fully saturated rings. The highest BCUT2D eigenvalue weighted by Gasteiger charge is 2.23. The molecule has 1 aliphatic heterocycles. The van der Waals surface area contributed by atoms with Crippen LogP contribution in [0.5, 0.6) is 5.75 Å². The Labute approximate surface area is 289 Å². The largest absolute Gasteiger partial charge is 0.507 e. The Morgan fingerprint density at radius 3 is 2.36 bits per heavy atom. The number of nitrogens with two attached hydrogens (primary N) is 1. The summed E-state index contributed by atoms with van der Waals surface area (Å²) in [5.41, 5.74) is 13.1. The van der Waals surface area contributed by atoms with E-state index < -0.39 is 0 Å². The summed E-state index contributed by atoms with van der Waals surface area (Å²) in [6.45, 7) is 7.22. The number of hydrogen-bond donors (Lipinski definition) is 2. The van der Waals surface area contributed by atoms with Gasteiger partial charge < -0.3 is 15.7 Å². The van der Waals surface area contributed by atoms with Crippen molar-refractivity contribution in [3.8, 4) is 40.2 Å². The van der Waals surface area contributed by atoms with Crippen LogP contribution < -0.4 is 5.73 Å². The lowest BCUT2D eigenvalue weighted by molar-refractivity contribution is 0.0628. The number of nitrogen functional groups attached to an aromatic ring is 1. The van der Waals surface area contributed by atoms with E-state index in [1.165, 1.54) is 12.1 Å². The van der Waals surface area contributed by atoms with Crippen LogP contribution in [0.25, 0.3) is 39.5 Å². The maximum atomic E-state index is 13.0. The lowest BCUT2D eigenvalue weighted by Crippen LogP contribution is -2.48. The molecule has 0 radical (unpaired) electrons. The van der Waals surface area contributed by atoms with Gasteiger partial charge in [-0.05, 0) is 72.3 Å². The van der Waals surface area contributed by atoms with Gasteiger partial charge in [-0.3, -0.25) is 19.1 Å². The molecule has 11 nitrogen and oxygen atoms in total. The molecule has 0 unspecified atom stereocenters. The minimum atomic E-state index is -0.157. The summed E-state index contributed by atoms with van der Waals surface area (Å²) >= 11 is 0. The molecule has 1 saturated heterocycles. The van der Waals surface area contributed by atoms with Crippen LogP contribution in [0.1, 0.15) is 45.7 Å². The highest BCUT2D eigenvalue weighted by molar-refractivity contribution is 5.96. The number of piperazine rings is 1. The second kappa shape index (κ2) is 14.8. The van der Waals surface area contributed by atoms with E-state index in [0.717, 1.165) is 22.5 Å². The van der Waals surface area contributed by atoms with E-state index in [9.17, 15) is 20.0 Å². The van der Waals surface area contributed by atoms with Gasteiger partial charge in [0.25, 0.3) is 5.91 Å². The van der Waals surface area contributed by atoms with Gasteiger partial charge in [-0.2, -0.15) is 5.26 Å². The van der Waals surface area contributed by atoms with Gasteiger partial charge in [-0.1, -0.05) is 38.1 Å². The molecular weight excluding hydrogens is 628 g/mol. The standard InChI is InChI=1S/C37H30N8O3.C2H6/c38-21-24-3-7-26(8-4-24)31-12-13-32-36(41-31)45(35(42-32)30-2-1-15-40-34(30)39)29-10-5-25(6-11-29)22-43-16-18-44(19-17-43)37(48)27-9-14-33(47)28(20-27)23-46;1-2/h1-15,20,23,47H,16-19,22H2,(H2,39,40);1-2H3. The van der Waals surface area contributed by atoms with Crippen molar-refractivity contribution >= 4 is 29.2 Å². The number of amides is 1. The van der Waals surface area contributed by atoms with E-state index >= 15 is 0 Å². The molecule has 1 amide bonds. The number of benzene rings is 3. The fourth-order valence-electron chi connectivity index (χ4n) is 5.95. The fourth-order valence-corrected chi connectivity index (χ4v) is 5.95. The van der Waals surface area contributed by atoms with Crippen LogP contribution >= 0.6 is 0 Å². The minimum Gasteiger partial charge on any atom is -0.507 e. The summed E-state index contributed by atoms with van der Waals surface area (Å²) in [6.07, 6.45) is 2.19. The Kier molecular flexibility index (Phi) is 9.92. The van der Waals surface area contributed by atoms with Crippen molar-refractivity contribution in [2.75, 3.05) is 31.9 Å². The van der Waals surface area contributed by atoms with Gasteiger partial charge in [0.15, 0.2) is 17.8 Å². The highest BCUT2D eigenvalue weighted by Crippen LogP contribution is 2.32. The van der Waals surface area contributed by atoms with E-state index in [0.29, 0.717) is 78.5 Å². The van der Waals surface area contributed by atoms with Crippen molar-refractivity contribution in [2.45, 2.75) is 20.4 Å². The summed E-state index contributed by atoms with van der Waals surface area (Å²) in [5.74, 6) is 0.698. The molecule has 0 atom stereocenters. The molecule has 6 aromatic rings. The van der Waals surface area contributed by atoms with Crippen molar-refractivity contribution in [1.29, 1.82) is 5.26 Å². The quantitative estimate of drug-likeness (QED) is 0.193. The smallest absolute Gasteiger partial charge is 0.253 e. The van der Waals surface area contributed by atoms with Gasteiger partial charge >= 0.3 is 0 Å². The first-order valence-electron chi connectivity index (χ1n) is 16.4. The number of phenols is 1. The van der Waals surface area contributed by atoms with Gasteiger partial charge in [-0.25, -0.2) is 15.0 Å². The van der Waals surface area contributed by atoms with Crippen LogP contribution in [0.2, 0.25) is 0 Å². The Hall–Kier alpha value is -6.38. The van der Waals surface area contributed by atoms with Crippen molar-refractivity contribution < 1.29 is 14.7 Å². The SMILES string of the molecule is CC.N#Cc1ccc(-c2ccc3nc(-c4cccnc4N)n(-c4ccc(CN5CCN(C(=O)c6ccc(O)c(C=O)c6)CC5)cc4)c3n2)cc1. The minimum absolute atomic E-state index is 0.102. The third-order valence-corrected chi connectivity index (χ3v) is 8.56. The molecule has 0 bridgehead atoms. The molecule has 0 spiro atoms. The Morgan fingerprint density at radius 2 is 1.68 bits per heavy atom. The second-order valence-electron chi connectivity index (χ2n) is 11.6. The average Bonchev–Trinajstić information content (AvgIpc) is 3.55. The summed E-state index contributed by atoms with van der Waals surface area (Å²) in [5, 5.41) is 19.0. The van der Waals surface area contributed by atoms with E-state index in [1.54, 1.807) is 29.3 Å². The number of carbonyl (C=O) groups is 2. The third-order valence-electron chi connectivity index (χ3n) is 8.56. The molecule has 7 rings (SSSR count). The number of phenolic OH excluding ortho intramolecular Hbond substituents is 1. The lowest BCUT2D eigenvalue weighted by Gasteiger charge is -2.35. The third kappa shape index (κ3) is 6.78. The van der Waals surface area contributed by atoms with Gasteiger partial charge in [0.1, 0.15) is 17.1 Å². The van der Waals surface area contributed by atoms with Gasteiger partial charge in [-0.15, -0.1) is 0 Å². The number of imidazole rings is 1. The van der Waals surface area contributed by atoms with Crippen molar-refractivity contribution in [2.24, 2.45) is 0 Å². The van der Waals surface area contributed by atoms with Gasteiger partial charge in [0.05, 0.1) is 28.5 Å². The predicted molar refractivity (Wildman–Crippen MR) is 193 cm³/mol. The molecule has 250 valence electrons. The number of aromatic nitrogens is 4. The average molecular weight is 665 g/mol. The number of nitriles is 1. The van der Waals surface area contributed by atoms with Gasteiger partial charge in [0.2, 0.25) is 0 Å². The summed E-state index contributed by atoms with van der Waals surface area (Å²) < 4.78 is 1.99. The number of aldehydes is 1. The van der Waals surface area contributed by atoms with Crippen LogP contribution in [0.3, 0.4) is 0 Å². The molecule has 11 heteroatoms. The molecule has 1 aliphatic rings. The zero-order valence-corrected chi connectivity index (χ0v) is 27.8.